The van der Waals surface area contributed by atoms with Gasteiger partial charge in [-0.15, -0.1) is 0 Å². The molecule has 0 spiro atoms. The normalized spacial score (nSPS) is 16.2. The maximum atomic E-state index is 13.0. The van der Waals surface area contributed by atoms with Crippen LogP contribution in [0, 0.1) is 5.92 Å². The molecule has 2 amide bonds. The second-order valence-electron chi connectivity index (χ2n) is 8.17. The molecule has 34 heavy (non-hydrogen) atoms. The third-order valence-corrected chi connectivity index (χ3v) is 5.85. The first-order chi connectivity index (χ1) is 16.2. The van der Waals surface area contributed by atoms with Crippen LogP contribution in [-0.2, 0) is 11.0 Å². The number of primary amides is 1. The molecule has 2 heterocycles. The number of nitrogens with one attached hydrogen (secondary N) is 1. The van der Waals surface area contributed by atoms with E-state index in [1.807, 2.05) is 4.90 Å². The lowest BCUT2D eigenvalue weighted by Crippen LogP contribution is -2.41. The Morgan fingerprint density at radius 3 is 2.41 bits per heavy atom. The van der Waals surface area contributed by atoms with Gasteiger partial charge < -0.3 is 16.0 Å². The van der Waals surface area contributed by atoms with E-state index in [-0.39, 0.29) is 11.8 Å². The quantitative estimate of drug-likeness (QED) is 0.567. The van der Waals surface area contributed by atoms with Crippen LogP contribution in [0.3, 0.4) is 0 Å². The van der Waals surface area contributed by atoms with E-state index in [1.54, 1.807) is 36.4 Å². The van der Waals surface area contributed by atoms with E-state index in [0.717, 1.165) is 31.5 Å². The number of halogens is 3. The first-order valence-electron chi connectivity index (χ1n) is 10.8. The van der Waals surface area contributed by atoms with Crippen molar-refractivity contribution in [2.24, 2.45) is 11.7 Å². The van der Waals surface area contributed by atoms with Crippen LogP contribution in [-0.4, -0.2) is 29.9 Å². The molecule has 1 fully saturated rings. The summed E-state index contributed by atoms with van der Waals surface area (Å²) >= 11 is 0. The summed E-state index contributed by atoms with van der Waals surface area (Å²) in [5, 5.41) is 2.79. The molecule has 2 aromatic carbocycles. The molecule has 0 radical (unpaired) electrons. The van der Waals surface area contributed by atoms with Gasteiger partial charge in [0, 0.05) is 18.7 Å². The Hall–Kier alpha value is -3.88. The van der Waals surface area contributed by atoms with Gasteiger partial charge >= 0.3 is 6.18 Å². The monoisotopic (exact) mass is 468 g/mol. The van der Waals surface area contributed by atoms with Gasteiger partial charge in [0.25, 0.3) is 5.91 Å². The summed E-state index contributed by atoms with van der Waals surface area (Å²) in [7, 11) is 0. The molecule has 1 unspecified atom stereocenters. The van der Waals surface area contributed by atoms with Crippen LogP contribution < -0.4 is 16.0 Å². The standard InChI is InChI=1S/C25H23F3N4O2/c26-25(27,28)18-9-7-16(8-10-18)20-5-1-2-6-21(20)24(34)31-19-11-12-22(30-14-19)32-13-3-4-17(15-32)23(29)33/h1-2,5-12,14,17H,3-4,13,15H2,(H2,29,33)(H,31,34). The van der Waals surface area contributed by atoms with Gasteiger partial charge in [-0.05, 0) is 54.3 Å². The molecule has 0 saturated carbocycles. The largest absolute Gasteiger partial charge is 0.416 e. The predicted octanol–water partition coefficient (Wildman–Crippen LogP) is 4.72. The van der Waals surface area contributed by atoms with Crippen molar-refractivity contribution in [2.45, 2.75) is 19.0 Å². The number of aromatic nitrogens is 1. The highest BCUT2D eigenvalue weighted by molar-refractivity contribution is 6.08. The summed E-state index contributed by atoms with van der Waals surface area (Å²) < 4.78 is 38.6. The highest BCUT2D eigenvalue weighted by Crippen LogP contribution is 2.32. The molecular weight excluding hydrogens is 445 g/mol. The van der Waals surface area contributed by atoms with E-state index >= 15 is 0 Å². The SMILES string of the molecule is NC(=O)C1CCCN(c2ccc(NC(=O)c3ccccc3-c3ccc(C(F)(F)F)cc3)cn2)C1. The number of hydrogen-bond acceptors (Lipinski definition) is 4. The zero-order valence-corrected chi connectivity index (χ0v) is 18.2. The molecule has 3 aromatic rings. The molecule has 6 nitrogen and oxygen atoms in total. The van der Waals surface area contributed by atoms with Crippen molar-refractivity contribution in [2.75, 3.05) is 23.3 Å². The zero-order valence-electron chi connectivity index (χ0n) is 18.2. The first kappa shape index (κ1) is 23.3. The summed E-state index contributed by atoms with van der Waals surface area (Å²) in [5.74, 6) is -0.247. The third kappa shape index (κ3) is 5.19. The smallest absolute Gasteiger partial charge is 0.369 e. The number of hydrogen-bond donors (Lipinski definition) is 2. The maximum absolute atomic E-state index is 13.0. The lowest BCUT2D eigenvalue weighted by Gasteiger charge is -2.32. The summed E-state index contributed by atoms with van der Waals surface area (Å²) in [6.45, 7) is 1.28. The number of piperidine rings is 1. The fraction of sp³-hybridized carbons (Fsp3) is 0.240. The highest BCUT2D eigenvalue weighted by atomic mass is 19.4. The number of nitrogens with two attached hydrogens (primary N) is 1. The summed E-state index contributed by atoms with van der Waals surface area (Å²) in [6.07, 6.45) is -1.29. The molecule has 1 atom stereocenters. The number of nitrogens with zero attached hydrogens (tertiary/aromatic N) is 2. The van der Waals surface area contributed by atoms with Crippen molar-refractivity contribution in [3.8, 4) is 11.1 Å². The number of carbonyl (C=O) groups excluding carboxylic acids is 2. The van der Waals surface area contributed by atoms with Gasteiger partial charge in [-0.3, -0.25) is 9.59 Å². The van der Waals surface area contributed by atoms with Gasteiger partial charge in [0.15, 0.2) is 0 Å². The van der Waals surface area contributed by atoms with Crippen LogP contribution in [0.2, 0.25) is 0 Å². The van der Waals surface area contributed by atoms with Crippen molar-refractivity contribution in [1.29, 1.82) is 0 Å². The van der Waals surface area contributed by atoms with Gasteiger partial charge in [-0.1, -0.05) is 30.3 Å². The Balaban J connectivity index is 1.49. The maximum Gasteiger partial charge on any atom is 0.416 e. The van der Waals surface area contributed by atoms with E-state index in [4.69, 9.17) is 5.73 Å². The lowest BCUT2D eigenvalue weighted by atomic mass is 9.97. The Kier molecular flexibility index (Phi) is 6.54. The van der Waals surface area contributed by atoms with Crippen molar-refractivity contribution >= 4 is 23.3 Å². The summed E-state index contributed by atoms with van der Waals surface area (Å²) in [4.78, 5) is 30.9. The minimum Gasteiger partial charge on any atom is -0.369 e. The van der Waals surface area contributed by atoms with Crippen molar-refractivity contribution in [3.63, 3.8) is 0 Å². The minimum atomic E-state index is -4.43. The second-order valence-corrected chi connectivity index (χ2v) is 8.17. The minimum absolute atomic E-state index is 0.211. The fourth-order valence-corrected chi connectivity index (χ4v) is 4.03. The summed E-state index contributed by atoms with van der Waals surface area (Å²) in [5.41, 5.74) is 6.51. The Labute approximate surface area is 194 Å². The zero-order chi connectivity index (χ0) is 24.3. The molecule has 9 heteroatoms. The van der Waals surface area contributed by atoms with Crippen molar-refractivity contribution in [3.05, 3.63) is 78.0 Å². The molecule has 1 aromatic heterocycles. The molecule has 1 aliphatic rings. The lowest BCUT2D eigenvalue weighted by molar-refractivity contribution is -0.137. The molecule has 4 rings (SSSR count). The Bertz CT molecular complexity index is 1180. The van der Waals surface area contributed by atoms with Gasteiger partial charge in [0.1, 0.15) is 5.82 Å². The molecule has 1 saturated heterocycles. The van der Waals surface area contributed by atoms with E-state index < -0.39 is 17.6 Å². The molecule has 1 aliphatic heterocycles. The van der Waals surface area contributed by atoms with Crippen LogP contribution in [0.25, 0.3) is 11.1 Å². The number of rotatable bonds is 5. The number of alkyl halides is 3. The number of benzene rings is 2. The molecule has 3 N–H and O–H groups in total. The van der Waals surface area contributed by atoms with Crippen LogP contribution in [0.1, 0.15) is 28.8 Å². The van der Waals surface area contributed by atoms with E-state index in [9.17, 15) is 22.8 Å². The van der Waals surface area contributed by atoms with E-state index in [1.165, 1.54) is 18.3 Å². The van der Waals surface area contributed by atoms with Gasteiger partial charge in [-0.2, -0.15) is 13.2 Å². The van der Waals surface area contributed by atoms with Gasteiger partial charge in [-0.25, -0.2) is 4.98 Å². The van der Waals surface area contributed by atoms with Crippen LogP contribution >= 0.6 is 0 Å². The van der Waals surface area contributed by atoms with Crippen LogP contribution in [0.15, 0.2) is 66.9 Å². The van der Waals surface area contributed by atoms with Crippen LogP contribution in [0.5, 0.6) is 0 Å². The summed E-state index contributed by atoms with van der Waals surface area (Å²) in [6, 6.07) is 14.9. The molecule has 176 valence electrons. The van der Waals surface area contributed by atoms with E-state index in [0.29, 0.717) is 34.7 Å². The highest BCUT2D eigenvalue weighted by Gasteiger charge is 2.30. The third-order valence-electron chi connectivity index (χ3n) is 5.85. The Morgan fingerprint density at radius 1 is 1.03 bits per heavy atom. The van der Waals surface area contributed by atoms with Crippen molar-refractivity contribution < 1.29 is 22.8 Å². The predicted molar refractivity (Wildman–Crippen MR) is 123 cm³/mol. The van der Waals surface area contributed by atoms with Gasteiger partial charge in [0.05, 0.1) is 23.4 Å². The number of anilines is 2. The number of amides is 2. The second kappa shape index (κ2) is 9.54. The van der Waals surface area contributed by atoms with Gasteiger partial charge in [0.2, 0.25) is 5.91 Å². The molecule has 0 bridgehead atoms. The molecule has 0 aliphatic carbocycles. The fourth-order valence-electron chi connectivity index (χ4n) is 4.03. The van der Waals surface area contributed by atoms with E-state index in [2.05, 4.69) is 10.3 Å². The van der Waals surface area contributed by atoms with Crippen LogP contribution in [0.4, 0.5) is 24.7 Å². The Morgan fingerprint density at radius 2 is 1.76 bits per heavy atom. The van der Waals surface area contributed by atoms with Crippen molar-refractivity contribution in [1.82, 2.24) is 4.98 Å². The number of pyridine rings is 1. The topological polar surface area (TPSA) is 88.3 Å². The number of carbonyl (C=O) groups is 2. The molecular formula is C25H23F3N4O2. The average molecular weight is 468 g/mol. The first-order valence-corrected chi connectivity index (χ1v) is 10.8. The average Bonchev–Trinajstić information content (AvgIpc) is 2.84.